The maximum atomic E-state index is 5.65. The Hall–Kier alpha value is 0.230. The summed E-state index contributed by atoms with van der Waals surface area (Å²) in [6, 6.07) is 0.568. The minimum absolute atomic E-state index is 0.133. The highest BCUT2D eigenvalue weighted by Gasteiger charge is 2.30. The molecular formula is C8H19N3S. The topological polar surface area (TPSA) is 64.1 Å². The van der Waals surface area contributed by atoms with Gasteiger partial charge in [0, 0.05) is 11.3 Å². The number of rotatable bonds is 3. The fourth-order valence-corrected chi connectivity index (χ4v) is 3.14. The van der Waals surface area contributed by atoms with Crippen molar-refractivity contribution in [3.05, 3.63) is 0 Å². The molecule has 1 fully saturated rings. The number of nitrogens with one attached hydrogen (secondary N) is 1. The summed E-state index contributed by atoms with van der Waals surface area (Å²) in [5, 5.41) is 3.95. The Bertz CT molecular complexity index is 140. The molecule has 4 heteroatoms. The summed E-state index contributed by atoms with van der Waals surface area (Å²) in [6.45, 7) is 2.21. The van der Waals surface area contributed by atoms with Gasteiger partial charge in [0.1, 0.15) is 0 Å². The molecular weight excluding hydrogens is 170 g/mol. The fraction of sp³-hybridized carbons (Fsp3) is 1.00. The normalized spacial score (nSPS) is 32.8. The van der Waals surface area contributed by atoms with Gasteiger partial charge in [-0.05, 0) is 32.1 Å². The second-order valence-electron chi connectivity index (χ2n) is 3.52. The predicted octanol–water partition coefficient (Wildman–Crippen LogP) is -0.0405. The van der Waals surface area contributed by atoms with Crippen LogP contribution >= 0.6 is 11.8 Å². The van der Waals surface area contributed by atoms with E-state index in [1.165, 1.54) is 0 Å². The molecule has 0 saturated carbocycles. The molecule has 1 rings (SSSR count). The minimum Gasteiger partial charge on any atom is -0.316 e. The molecule has 1 aliphatic rings. The summed E-state index contributed by atoms with van der Waals surface area (Å²) >= 11 is 1.99. The zero-order chi connectivity index (χ0) is 9.14. The summed E-state index contributed by atoms with van der Waals surface area (Å²) in [5.74, 6) is 1.63. The molecule has 1 heterocycles. The SMILES string of the molecule is CN[C@H](C)C1CC(C(N)N)CS1. The molecule has 3 nitrogen and oxygen atoms in total. The number of nitrogens with two attached hydrogens (primary N) is 2. The molecule has 0 amide bonds. The van der Waals surface area contributed by atoms with E-state index >= 15 is 0 Å². The van der Waals surface area contributed by atoms with Crippen LogP contribution in [0.15, 0.2) is 0 Å². The number of hydrogen-bond donors (Lipinski definition) is 3. The Morgan fingerprint density at radius 1 is 1.50 bits per heavy atom. The van der Waals surface area contributed by atoms with Crippen molar-refractivity contribution in [1.29, 1.82) is 0 Å². The van der Waals surface area contributed by atoms with Gasteiger partial charge in [0.25, 0.3) is 0 Å². The van der Waals surface area contributed by atoms with Crippen molar-refractivity contribution < 1.29 is 0 Å². The van der Waals surface area contributed by atoms with E-state index < -0.39 is 0 Å². The van der Waals surface area contributed by atoms with Crippen LogP contribution in [-0.4, -0.2) is 30.3 Å². The van der Waals surface area contributed by atoms with Crippen LogP contribution in [0.5, 0.6) is 0 Å². The first-order valence-electron chi connectivity index (χ1n) is 4.45. The quantitative estimate of drug-likeness (QED) is 0.545. The van der Waals surface area contributed by atoms with E-state index in [0.717, 1.165) is 12.2 Å². The lowest BCUT2D eigenvalue weighted by Crippen LogP contribution is -2.40. The van der Waals surface area contributed by atoms with E-state index in [0.29, 0.717) is 17.2 Å². The second-order valence-corrected chi connectivity index (χ2v) is 4.79. The first kappa shape index (κ1) is 10.3. The van der Waals surface area contributed by atoms with Gasteiger partial charge in [-0.3, -0.25) is 0 Å². The summed E-state index contributed by atoms with van der Waals surface area (Å²) in [7, 11) is 2.00. The highest BCUT2D eigenvalue weighted by molar-refractivity contribution is 8.00. The molecule has 0 aliphatic carbocycles. The van der Waals surface area contributed by atoms with Gasteiger partial charge in [0.15, 0.2) is 0 Å². The third-order valence-corrected chi connectivity index (χ3v) is 4.27. The van der Waals surface area contributed by atoms with Crippen LogP contribution < -0.4 is 16.8 Å². The van der Waals surface area contributed by atoms with Crippen LogP contribution in [0.3, 0.4) is 0 Å². The van der Waals surface area contributed by atoms with Gasteiger partial charge in [-0.1, -0.05) is 0 Å². The van der Waals surface area contributed by atoms with Gasteiger partial charge in [-0.2, -0.15) is 11.8 Å². The molecule has 5 N–H and O–H groups in total. The minimum atomic E-state index is -0.133. The van der Waals surface area contributed by atoms with Crippen molar-refractivity contribution in [2.45, 2.75) is 30.8 Å². The standard InChI is InChI=1S/C8H19N3S/c1-5(11-2)7-3-6(4-12-7)8(9)10/h5-8,11H,3-4,9-10H2,1-2H3/t5-,6?,7?/m1/s1. The van der Waals surface area contributed by atoms with E-state index in [-0.39, 0.29) is 6.17 Å². The Labute approximate surface area is 78.6 Å². The molecule has 3 atom stereocenters. The van der Waals surface area contributed by atoms with Crippen LogP contribution in [0, 0.1) is 5.92 Å². The molecule has 0 aromatic carbocycles. The summed E-state index contributed by atoms with van der Waals surface area (Å²) in [4.78, 5) is 0. The molecule has 0 aromatic heterocycles. The molecule has 0 spiro atoms. The van der Waals surface area contributed by atoms with E-state index in [1.54, 1.807) is 0 Å². The van der Waals surface area contributed by atoms with Crippen LogP contribution in [-0.2, 0) is 0 Å². The summed E-state index contributed by atoms with van der Waals surface area (Å²) < 4.78 is 0. The van der Waals surface area contributed by atoms with E-state index in [1.807, 2.05) is 18.8 Å². The lowest BCUT2D eigenvalue weighted by Gasteiger charge is -2.18. The highest BCUT2D eigenvalue weighted by atomic mass is 32.2. The molecule has 2 unspecified atom stereocenters. The molecule has 0 aromatic rings. The third kappa shape index (κ3) is 2.36. The maximum Gasteiger partial charge on any atom is 0.0558 e. The van der Waals surface area contributed by atoms with Gasteiger partial charge in [0.05, 0.1) is 6.17 Å². The molecule has 0 bridgehead atoms. The predicted molar refractivity (Wildman–Crippen MR) is 55.0 cm³/mol. The molecule has 72 valence electrons. The molecule has 0 radical (unpaired) electrons. The Kier molecular flexibility index (Phi) is 3.83. The van der Waals surface area contributed by atoms with Gasteiger partial charge < -0.3 is 16.8 Å². The van der Waals surface area contributed by atoms with Crippen molar-refractivity contribution in [2.75, 3.05) is 12.8 Å². The van der Waals surface area contributed by atoms with Crippen LogP contribution in [0.4, 0.5) is 0 Å². The molecule has 1 saturated heterocycles. The van der Waals surface area contributed by atoms with Gasteiger partial charge >= 0.3 is 0 Å². The summed E-state index contributed by atoms with van der Waals surface area (Å²) in [5.41, 5.74) is 11.3. The van der Waals surface area contributed by atoms with Gasteiger partial charge in [-0.25, -0.2) is 0 Å². The third-order valence-electron chi connectivity index (χ3n) is 2.62. The van der Waals surface area contributed by atoms with E-state index in [4.69, 9.17) is 11.5 Å². The average molecular weight is 189 g/mol. The zero-order valence-electron chi connectivity index (χ0n) is 7.79. The smallest absolute Gasteiger partial charge is 0.0558 e. The Balaban J connectivity index is 2.35. The average Bonchev–Trinajstić information content (AvgIpc) is 2.51. The van der Waals surface area contributed by atoms with Crippen molar-refractivity contribution in [3.8, 4) is 0 Å². The van der Waals surface area contributed by atoms with Crippen molar-refractivity contribution in [1.82, 2.24) is 5.32 Å². The lowest BCUT2D eigenvalue weighted by molar-refractivity contribution is 0.429. The van der Waals surface area contributed by atoms with Crippen LogP contribution in [0.1, 0.15) is 13.3 Å². The van der Waals surface area contributed by atoms with Crippen molar-refractivity contribution >= 4 is 11.8 Å². The van der Waals surface area contributed by atoms with Crippen molar-refractivity contribution in [2.24, 2.45) is 17.4 Å². The first-order valence-corrected chi connectivity index (χ1v) is 5.50. The number of hydrogen-bond acceptors (Lipinski definition) is 4. The second kappa shape index (κ2) is 4.46. The van der Waals surface area contributed by atoms with Crippen LogP contribution in [0.25, 0.3) is 0 Å². The molecule has 12 heavy (non-hydrogen) atoms. The summed E-state index contributed by atoms with van der Waals surface area (Å²) in [6.07, 6.45) is 1.02. The van der Waals surface area contributed by atoms with Gasteiger partial charge in [0.2, 0.25) is 0 Å². The van der Waals surface area contributed by atoms with Crippen molar-refractivity contribution in [3.63, 3.8) is 0 Å². The van der Waals surface area contributed by atoms with E-state index in [2.05, 4.69) is 12.2 Å². The number of thioether (sulfide) groups is 1. The first-order chi connectivity index (χ1) is 5.65. The Morgan fingerprint density at radius 2 is 2.17 bits per heavy atom. The largest absolute Gasteiger partial charge is 0.316 e. The van der Waals surface area contributed by atoms with Gasteiger partial charge in [-0.15, -0.1) is 0 Å². The maximum absolute atomic E-state index is 5.65. The van der Waals surface area contributed by atoms with E-state index in [9.17, 15) is 0 Å². The van der Waals surface area contributed by atoms with Crippen LogP contribution in [0.2, 0.25) is 0 Å². The zero-order valence-corrected chi connectivity index (χ0v) is 8.60. The Morgan fingerprint density at radius 3 is 2.58 bits per heavy atom. The molecule has 1 aliphatic heterocycles. The fourth-order valence-electron chi connectivity index (χ4n) is 1.48. The highest BCUT2D eigenvalue weighted by Crippen LogP contribution is 2.33. The lowest BCUT2D eigenvalue weighted by atomic mass is 10.0. The monoisotopic (exact) mass is 189 g/mol.